The molecule has 2 saturated carbocycles. The van der Waals surface area contributed by atoms with E-state index in [0.717, 1.165) is 18.4 Å². The van der Waals surface area contributed by atoms with Gasteiger partial charge in [0.05, 0.1) is 0 Å². The molecule has 13 heavy (non-hydrogen) atoms. The summed E-state index contributed by atoms with van der Waals surface area (Å²) < 4.78 is 0. The minimum atomic E-state index is -0.150. The Labute approximate surface area is 79.2 Å². The van der Waals surface area contributed by atoms with Gasteiger partial charge in [0.15, 0.2) is 5.78 Å². The Morgan fingerprint density at radius 3 is 2.38 bits per heavy atom. The standard InChI is InChI=1S/C11H17NO/c1-10(2)8-4-5-11(10,3)9(13)7(8)6-12/h6,8H,4-5,12H2,1-3H3/b7-6-/t8-,11+/m0/s1. The molecule has 2 fully saturated rings. The van der Waals surface area contributed by atoms with Crippen LogP contribution in [0.25, 0.3) is 0 Å². The van der Waals surface area contributed by atoms with Gasteiger partial charge in [0, 0.05) is 17.2 Å². The Balaban J connectivity index is 2.57. The minimum absolute atomic E-state index is 0.106. The molecule has 2 N–H and O–H groups in total. The van der Waals surface area contributed by atoms with Crippen molar-refractivity contribution in [2.75, 3.05) is 0 Å². The molecule has 0 spiro atoms. The molecule has 0 aromatic carbocycles. The SMILES string of the molecule is CC1(C)[C@H]2CC[C@]1(C)C(=O)/C2=C\N. The lowest BCUT2D eigenvalue weighted by molar-refractivity contribution is -0.125. The van der Waals surface area contributed by atoms with Crippen molar-refractivity contribution in [2.45, 2.75) is 33.6 Å². The Morgan fingerprint density at radius 1 is 1.46 bits per heavy atom. The van der Waals surface area contributed by atoms with E-state index in [2.05, 4.69) is 20.8 Å². The monoisotopic (exact) mass is 179 g/mol. The predicted octanol–water partition coefficient (Wildman–Crippen LogP) is 1.85. The van der Waals surface area contributed by atoms with E-state index in [1.54, 1.807) is 0 Å². The molecule has 0 saturated heterocycles. The van der Waals surface area contributed by atoms with E-state index in [9.17, 15) is 4.79 Å². The maximum Gasteiger partial charge on any atom is 0.167 e. The second kappa shape index (κ2) is 2.17. The second-order valence-electron chi connectivity index (χ2n) is 5.10. The zero-order valence-electron chi connectivity index (χ0n) is 8.55. The summed E-state index contributed by atoms with van der Waals surface area (Å²) in [5.41, 5.74) is 6.34. The lowest BCUT2D eigenvalue weighted by Crippen LogP contribution is -2.32. The maximum atomic E-state index is 12.0. The quantitative estimate of drug-likeness (QED) is 0.577. The second-order valence-corrected chi connectivity index (χ2v) is 5.10. The number of fused-ring (bicyclic) bond motifs is 2. The van der Waals surface area contributed by atoms with Crippen LogP contribution in [0.3, 0.4) is 0 Å². The van der Waals surface area contributed by atoms with Crippen LogP contribution in [-0.4, -0.2) is 5.78 Å². The van der Waals surface area contributed by atoms with Crippen molar-refractivity contribution in [1.29, 1.82) is 0 Å². The number of hydrogen-bond acceptors (Lipinski definition) is 2. The maximum absolute atomic E-state index is 12.0. The molecule has 0 radical (unpaired) electrons. The Morgan fingerprint density at radius 2 is 2.08 bits per heavy atom. The van der Waals surface area contributed by atoms with Crippen molar-refractivity contribution in [3.8, 4) is 0 Å². The summed E-state index contributed by atoms with van der Waals surface area (Å²) in [5.74, 6) is 0.686. The summed E-state index contributed by atoms with van der Waals surface area (Å²) in [4.78, 5) is 12.0. The third-order valence-corrected chi connectivity index (χ3v) is 4.54. The minimum Gasteiger partial charge on any atom is -0.404 e. The molecule has 2 aliphatic rings. The molecule has 0 heterocycles. The molecule has 2 heteroatoms. The normalized spacial score (nSPS) is 44.7. The van der Waals surface area contributed by atoms with Crippen LogP contribution in [0.5, 0.6) is 0 Å². The summed E-state index contributed by atoms with van der Waals surface area (Å²) in [6.45, 7) is 6.48. The smallest absolute Gasteiger partial charge is 0.167 e. The van der Waals surface area contributed by atoms with E-state index < -0.39 is 0 Å². The highest BCUT2D eigenvalue weighted by molar-refractivity contribution is 6.04. The average molecular weight is 179 g/mol. The summed E-state index contributed by atoms with van der Waals surface area (Å²) in [7, 11) is 0. The molecule has 0 aliphatic heterocycles. The highest BCUT2D eigenvalue weighted by Crippen LogP contribution is 2.65. The van der Waals surface area contributed by atoms with Crippen LogP contribution in [0, 0.1) is 16.7 Å². The molecular formula is C11H17NO. The van der Waals surface area contributed by atoms with E-state index in [-0.39, 0.29) is 16.6 Å². The van der Waals surface area contributed by atoms with Gasteiger partial charge in [-0.15, -0.1) is 0 Å². The van der Waals surface area contributed by atoms with Gasteiger partial charge in [-0.25, -0.2) is 0 Å². The van der Waals surface area contributed by atoms with Gasteiger partial charge in [0.25, 0.3) is 0 Å². The fourth-order valence-corrected chi connectivity index (χ4v) is 3.12. The van der Waals surface area contributed by atoms with Crippen LogP contribution in [0.4, 0.5) is 0 Å². The molecule has 2 atom stereocenters. The third kappa shape index (κ3) is 0.725. The van der Waals surface area contributed by atoms with Gasteiger partial charge in [-0.1, -0.05) is 20.8 Å². The van der Waals surface area contributed by atoms with Crippen LogP contribution < -0.4 is 5.73 Å². The molecule has 2 nitrogen and oxygen atoms in total. The van der Waals surface area contributed by atoms with Gasteiger partial charge >= 0.3 is 0 Å². The van der Waals surface area contributed by atoms with Gasteiger partial charge < -0.3 is 5.73 Å². The lowest BCUT2D eigenvalue weighted by atomic mass is 9.70. The fraction of sp³-hybridized carbons (Fsp3) is 0.727. The van der Waals surface area contributed by atoms with E-state index in [4.69, 9.17) is 5.73 Å². The zero-order chi connectivity index (χ0) is 9.85. The first-order valence-electron chi connectivity index (χ1n) is 4.92. The van der Waals surface area contributed by atoms with Crippen LogP contribution in [0.1, 0.15) is 33.6 Å². The third-order valence-electron chi connectivity index (χ3n) is 4.54. The van der Waals surface area contributed by atoms with Crippen molar-refractivity contribution < 1.29 is 4.79 Å². The Bertz CT molecular complexity index is 303. The number of carbonyl (C=O) groups excluding carboxylic acids is 1. The van der Waals surface area contributed by atoms with Crippen LogP contribution in [0.15, 0.2) is 11.8 Å². The highest BCUT2D eigenvalue weighted by atomic mass is 16.1. The molecule has 0 aromatic heterocycles. The van der Waals surface area contributed by atoms with Crippen LogP contribution in [0.2, 0.25) is 0 Å². The molecule has 2 rings (SSSR count). The molecule has 0 aromatic rings. The van der Waals surface area contributed by atoms with E-state index in [1.165, 1.54) is 6.20 Å². The van der Waals surface area contributed by atoms with Gasteiger partial charge in [0.1, 0.15) is 0 Å². The first kappa shape index (κ1) is 8.79. The summed E-state index contributed by atoms with van der Waals surface area (Å²) in [6.07, 6.45) is 3.68. The van der Waals surface area contributed by atoms with Crippen molar-refractivity contribution in [3.63, 3.8) is 0 Å². The Hall–Kier alpha value is -0.790. The molecule has 0 unspecified atom stereocenters. The van der Waals surface area contributed by atoms with Gasteiger partial charge in [-0.05, 0) is 24.2 Å². The lowest BCUT2D eigenvalue weighted by Gasteiger charge is -2.31. The van der Waals surface area contributed by atoms with Gasteiger partial charge in [-0.3, -0.25) is 4.79 Å². The zero-order valence-corrected chi connectivity index (χ0v) is 8.55. The number of nitrogens with two attached hydrogens (primary N) is 1. The number of rotatable bonds is 0. The van der Waals surface area contributed by atoms with Crippen LogP contribution >= 0.6 is 0 Å². The number of hydrogen-bond donors (Lipinski definition) is 1. The van der Waals surface area contributed by atoms with Crippen molar-refractivity contribution in [3.05, 3.63) is 11.8 Å². The van der Waals surface area contributed by atoms with E-state index in [1.807, 2.05) is 0 Å². The summed E-state index contributed by atoms with van der Waals surface area (Å²) in [6, 6.07) is 0. The fourth-order valence-electron chi connectivity index (χ4n) is 3.12. The molecule has 72 valence electrons. The molecule has 2 bridgehead atoms. The molecule has 2 aliphatic carbocycles. The average Bonchev–Trinajstić information content (AvgIpc) is 2.36. The number of ketones is 1. The summed E-state index contributed by atoms with van der Waals surface area (Å²) >= 11 is 0. The van der Waals surface area contributed by atoms with E-state index in [0.29, 0.717) is 5.92 Å². The first-order chi connectivity index (χ1) is 5.95. The number of carbonyl (C=O) groups is 1. The first-order valence-corrected chi connectivity index (χ1v) is 4.92. The van der Waals surface area contributed by atoms with E-state index >= 15 is 0 Å². The number of allylic oxidation sites excluding steroid dienone is 1. The largest absolute Gasteiger partial charge is 0.404 e. The predicted molar refractivity (Wildman–Crippen MR) is 51.9 cm³/mol. The van der Waals surface area contributed by atoms with Gasteiger partial charge in [-0.2, -0.15) is 0 Å². The molecular weight excluding hydrogens is 162 g/mol. The molecule has 0 amide bonds. The van der Waals surface area contributed by atoms with Gasteiger partial charge in [0.2, 0.25) is 0 Å². The van der Waals surface area contributed by atoms with Crippen molar-refractivity contribution >= 4 is 5.78 Å². The van der Waals surface area contributed by atoms with Crippen molar-refractivity contribution in [2.24, 2.45) is 22.5 Å². The Kier molecular flexibility index (Phi) is 1.47. The summed E-state index contributed by atoms with van der Waals surface area (Å²) in [5, 5.41) is 0. The van der Waals surface area contributed by atoms with Crippen LogP contribution in [-0.2, 0) is 4.79 Å². The number of Topliss-reactive ketones (excluding diaryl/α,β-unsaturated/α-hetero) is 1. The highest BCUT2D eigenvalue weighted by Gasteiger charge is 2.63. The van der Waals surface area contributed by atoms with Crippen molar-refractivity contribution in [1.82, 2.24) is 0 Å². The topological polar surface area (TPSA) is 43.1 Å².